The molecule has 2 aromatic rings. The van der Waals surface area contributed by atoms with Crippen LogP contribution in [0.5, 0.6) is 5.75 Å². The zero-order valence-corrected chi connectivity index (χ0v) is 18.3. The minimum absolute atomic E-state index is 0.00934. The summed E-state index contributed by atoms with van der Waals surface area (Å²) in [7, 11) is 3.99. The van der Waals surface area contributed by atoms with Crippen molar-refractivity contribution in [2.75, 3.05) is 27.2 Å². The lowest BCUT2D eigenvalue weighted by molar-refractivity contribution is -0.140. The normalized spacial score (nSPS) is 19.2. The van der Waals surface area contributed by atoms with Gasteiger partial charge in [-0.05, 0) is 38.6 Å². The Hall–Kier alpha value is -2.86. The maximum absolute atomic E-state index is 13.9. The van der Waals surface area contributed by atoms with E-state index < -0.39 is 6.04 Å². The van der Waals surface area contributed by atoms with E-state index in [4.69, 9.17) is 4.74 Å². The van der Waals surface area contributed by atoms with Crippen molar-refractivity contribution in [3.8, 4) is 5.75 Å². The predicted molar refractivity (Wildman–Crippen MR) is 120 cm³/mol. The first-order valence-corrected chi connectivity index (χ1v) is 11.0. The van der Waals surface area contributed by atoms with E-state index in [9.17, 15) is 9.59 Å². The average Bonchev–Trinajstić information content (AvgIpc) is 3.61. The van der Waals surface area contributed by atoms with Crippen molar-refractivity contribution in [1.82, 2.24) is 15.1 Å². The van der Waals surface area contributed by atoms with Gasteiger partial charge in [-0.3, -0.25) is 9.59 Å². The number of carbonyl (C=O) groups is 2. The Morgan fingerprint density at radius 2 is 1.81 bits per heavy atom. The molecule has 2 unspecified atom stereocenters. The van der Waals surface area contributed by atoms with E-state index in [2.05, 4.69) is 10.2 Å². The summed E-state index contributed by atoms with van der Waals surface area (Å²) in [6.45, 7) is 1.59. The molecule has 1 aliphatic heterocycles. The van der Waals surface area contributed by atoms with Gasteiger partial charge in [0.1, 0.15) is 18.4 Å². The summed E-state index contributed by atoms with van der Waals surface area (Å²) in [6, 6.07) is 17.1. The van der Waals surface area contributed by atoms with E-state index in [-0.39, 0.29) is 23.8 Å². The summed E-state index contributed by atoms with van der Waals surface area (Å²) in [5.41, 5.74) is 2.02. The van der Waals surface area contributed by atoms with Crippen molar-refractivity contribution in [3.63, 3.8) is 0 Å². The minimum Gasteiger partial charge on any atom is -0.491 e. The molecular formula is C25H31N3O3. The van der Waals surface area contributed by atoms with Crippen LogP contribution in [-0.2, 0) is 22.6 Å². The third-order valence-electron chi connectivity index (χ3n) is 5.89. The molecule has 0 aromatic heterocycles. The number of hydrogen-bond donors (Lipinski definition) is 1. The van der Waals surface area contributed by atoms with Gasteiger partial charge in [0.2, 0.25) is 11.8 Å². The number of ether oxygens (including phenoxy) is 1. The minimum atomic E-state index is -0.592. The zero-order valence-electron chi connectivity index (χ0n) is 18.3. The number of likely N-dealkylation sites (N-methyl/N-ethyl adjacent to an activating group) is 1. The van der Waals surface area contributed by atoms with Crippen LogP contribution in [0.1, 0.15) is 24.0 Å². The Balaban J connectivity index is 1.61. The van der Waals surface area contributed by atoms with E-state index in [0.717, 1.165) is 29.7 Å². The standard InChI is InChI=1S/C25H31N3O3/c1-27(2)16-21-17-31-23-11-7-6-10-20(23)15-28(21)25(30)22(26-24(29)19-12-13-19)14-18-8-4-3-5-9-18/h3-11,19,21-22H,12-17H2,1-2H3,(H,26,29). The van der Waals surface area contributed by atoms with Gasteiger partial charge in [0.25, 0.3) is 0 Å². The van der Waals surface area contributed by atoms with Gasteiger partial charge in [-0.15, -0.1) is 0 Å². The Kier molecular flexibility index (Phi) is 6.56. The first kappa shape index (κ1) is 21.4. The smallest absolute Gasteiger partial charge is 0.246 e. The number of para-hydroxylation sites is 1. The van der Waals surface area contributed by atoms with Crippen LogP contribution in [0.3, 0.4) is 0 Å². The van der Waals surface area contributed by atoms with Crippen molar-refractivity contribution in [1.29, 1.82) is 0 Å². The molecule has 1 heterocycles. The van der Waals surface area contributed by atoms with Gasteiger partial charge < -0.3 is 19.9 Å². The van der Waals surface area contributed by atoms with E-state index >= 15 is 0 Å². The number of benzene rings is 2. The lowest BCUT2D eigenvalue weighted by atomic mass is 10.0. The molecule has 1 fully saturated rings. The largest absolute Gasteiger partial charge is 0.491 e. The van der Waals surface area contributed by atoms with Gasteiger partial charge in [-0.25, -0.2) is 0 Å². The second kappa shape index (κ2) is 9.52. The molecule has 2 aliphatic rings. The van der Waals surface area contributed by atoms with Crippen LogP contribution < -0.4 is 10.1 Å². The van der Waals surface area contributed by atoms with Crippen LogP contribution in [0.25, 0.3) is 0 Å². The van der Waals surface area contributed by atoms with Gasteiger partial charge in [-0.1, -0.05) is 48.5 Å². The van der Waals surface area contributed by atoms with Gasteiger partial charge in [0.05, 0.1) is 6.04 Å². The summed E-state index contributed by atoms with van der Waals surface area (Å²) in [5.74, 6) is 0.815. The Morgan fingerprint density at radius 1 is 1.10 bits per heavy atom. The van der Waals surface area contributed by atoms with Crippen LogP contribution in [0.4, 0.5) is 0 Å². The molecule has 0 saturated heterocycles. The molecule has 2 atom stereocenters. The molecule has 1 aliphatic carbocycles. The lowest BCUT2D eigenvalue weighted by Gasteiger charge is -2.34. The number of fused-ring (bicyclic) bond motifs is 1. The first-order valence-electron chi connectivity index (χ1n) is 11.0. The fourth-order valence-electron chi connectivity index (χ4n) is 4.08. The van der Waals surface area contributed by atoms with E-state index in [1.807, 2.05) is 73.6 Å². The van der Waals surface area contributed by atoms with Crippen molar-refractivity contribution in [3.05, 3.63) is 65.7 Å². The summed E-state index contributed by atoms with van der Waals surface area (Å²) in [4.78, 5) is 30.4. The molecule has 2 amide bonds. The number of carbonyl (C=O) groups excluding carboxylic acids is 2. The van der Waals surface area contributed by atoms with Crippen LogP contribution >= 0.6 is 0 Å². The summed E-state index contributed by atoms with van der Waals surface area (Å²) < 4.78 is 6.06. The van der Waals surface area contributed by atoms with Crippen molar-refractivity contribution in [2.24, 2.45) is 5.92 Å². The van der Waals surface area contributed by atoms with E-state index in [0.29, 0.717) is 26.1 Å². The van der Waals surface area contributed by atoms with Crippen LogP contribution in [0.15, 0.2) is 54.6 Å². The predicted octanol–water partition coefficient (Wildman–Crippen LogP) is 2.48. The molecule has 2 aromatic carbocycles. The highest BCUT2D eigenvalue weighted by atomic mass is 16.5. The molecule has 31 heavy (non-hydrogen) atoms. The maximum Gasteiger partial charge on any atom is 0.246 e. The number of nitrogens with zero attached hydrogens (tertiary/aromatic N) is 2. The fraction of sp³-hybridized carbons (Fsp3) is 0.440. The Bertz CT molecular complexity index is 911. The monoisotopic (exact) mass is 421 g/mol. The fourth-order valence-corrected chi connectivity index (χ4v) is 4.08. The number of amides is 2. The highest BCUT2D eigenvalue weighted by Crippen LogP contribution is 2.30. The van der Waals surface area contributed by atoms with Gasteiger partial charge >= 0.3 is 0 Å². The maximum atomic E-state index is 13.9. The number of rotatable bonds is 7. The van der Waals surface area contributed by atoms with Crippen molar-refractivity contribution in [2.45, 2.75) is 37.9 Å². The van der Waals surface area contributed by atoms with Crippen LogP contribution in [0.2, 0.25) is 0 Å². The number of hydrogen-bond acceptors (Lipinski definition) is 4. The third kappa shape index (κ3) is 5.44. The van der Waals surface area contributed by atoms with E-state index in [1.54, 1.807) is 0 Å². The molecule has 1 N–H and O–H groups in total. The number of nitrogens with one attached hydrogen (secondary N) is 1. The molecular weight excluding hydrogens is 390 g/mol. The average molecular weight is 422 g/mol. The first-order chi connectivity index (χ1) is 15.0. The Morgan fingerprint density at radius 3 is 2.52 bits per heavy atom. The van der Waals surface area contributed by atoms with Crippen LogP contribution in [0, 0.1) is 5.92 Å². The molecule has 4 rings (SSSR count). The summed E-state index contributed by atoms with van der Waals surface area (Å²) >= 11 is 0. The molecule has 0 spiro atoms. The van der Waals surface area contributed by atoms with Gasteiger partial charge in [0.15, 0.2) is 0 Å². The Labute approximate surface area is 184 Å². The lowest BCUT2D eigenvalue weighted by Crippen LogP contribution is -2.55. The molecule has 0 bridgehead atoms. The van der Waals surface area contributed by atoms with E-state index in [1.165, 1.54) is 0 Å². The van der Waals surface area contributed by atoms with Gasteiger partial charge in [0, 0.05) is 31.0 Å². The quantitative estimate of drug-likeness (QED) is 0.746. The summed E-state index contributed by atoms with van der Waals surface area (Å²) in [5, 5.41) is 3.06. The second-order valence-corrected chi connectivity index (χ2v) is 8.83. The third-order valence-corrected chi connectivity index (χ3v) is 5.89. The van der Waals surface area contributed by atoms with Crippen molar-refractivity contribution >= 4 is 11.8 Å². The molecule has 6 nitrogen and oxygen atoms in total. The van der Waals surface area contributed by atoms with Crippen LogP contribution in [-0.4, -0.2) is 60.9 Å². The van der Waals surface area contributed by atoms with Crippen molar-refractivity contribution < 1.29 is 14.3 Å². The topological polar surface area (TPSA) is 61.9 Å². The summed E-state index contributed by atoms with van der Waals surface area (Å²) in [6.07, 6.45) is 2.30. The highest BCUT2D eigenvalue weighted by Gasteiger charge is 2.37. The molecule has 0 radical (unpaired) electrons. The van der Waals surface area contributed by atoms with Gasteiger partial charge in [-0.2, -0.15) is 0 Å². The zero-order chi connectivity index (χ0) is 21.8. The highest BCUT2D eigenvalue weighted by molar-refractivity contribution is 5.90. The SMILES string of the molecule is CN(C)CC1COc2ccccc2CN1C(=O)C(Cc1ccccc1)NC(=O)C1CC1. The molecule has 6 heteroatoms. The molecule has 164 valence electrons. The molecule has 1 saturated carbocycles. The second-order valence-electron chi connectivity index (χ2n) is 8.83.